The number of ether oxygens (including phenoxy) is 1. The van der Waals surface area contributed by atoms with Gasteiger partial charge >= 0.3 is 5.97 Å². The van der Waals surface area contributed by atoms with E-state index in [1.807, 2.05) is 13.8 Å². The molecule has 1 heterocycles. The van der Waals surface area contributed by atoms with Crippen LogP contribution in [-0.2, 0) is 19.6 Å². The third kappa shape index (κ3) is 8.38. The lowest BCUT2D eigenvalue weighted by Gasteiger charge is -2.33. The highest BCUT2D eigenvalue weighted by molar-refractivity contribution is 14.0. The third-order valence-electron chi connectivity index (χ3n) is 4.31. The van der Waals surface area contributed by atoms with Gasteiger partial charge in [0.1, 0.15) is 0 Å². The van der Waals surface area contributed by atoms with Crippen LogP contribution in [0.5, 0.6) is 0 Å². The standard InChI is InChI=1S/C16H32N4O4S.HI/c1-5-17-16(18-10-7-11-20(6-2)25(4,22)23)19-12-8-14(9-13-19)15(21)24-3;/h14H,5-13H2,1-4H3,(H,17,18);1H. The van der Waals surface area contributed by atoms with Gasteiger partial charge < -0.3 is 15.0 Å². The van der Waals surface area contributed by atoms with Crippen LogP contribution in [0.1, 0.15) is 33.1 Å². The summed E-state index contributed by atoms with van der Waals surface area (Å²) in [5.74, 6) is 0.659. The summed E-state index contributed by atoms with van der Waals surface area (Å²) in [7, 11) is -1.72. The van der Waals surface area contributed by atoms with Crippen LogP contribution in [0.4, 0.5) is 0 Å². The Balaban J connectivity index is 0.00000625. The number of rotatable bonds is 8. The van der Waals surface area contributed by atoms with Gasteiger partial charge in [-0.05, 0) is 26.2 Å². The van der Waals surface area contributed by atoms with Crippen LogP contribution in [0.25, 0.3) is 0 Å². The molecule has 0 amide bonds. The maximum Gasteiger partial charge on any atom is 0.308 e. The molecule has 0 aliphatic carbocycles. The molecule has 1 aliphatic rings. The highest BCUT2D eigenvalue weighted by Gasteiger charge is 2.26. The number of sulfonamides is 1. The molecule has 26 heavy (non-hydrogen) atoms. The van der Waals surface area contributed by atoms with Crippen molar-refractivity contribution in [3.05, 3.63) is 0 Å². The molecule has 1 saturated heterocycles. The van der Waals surface area contributed by atoms with Crippen molar-refractivity contribution < 1.29 is 17.9 Å². The number of hydrogen-bond donors (Lipinski definition) is 1. The van der Waals surface area contributed by atoms with Crippen molar-refractivity contribution in [1.29, 1.82) is 0 Å². The molecule has 0 spiro atoms. The maximum absolute atomic E-state index is 11.6. The number of halogens is 1. The van der Waals surface area contributed by atoms with Crippen LogP contribution in [0.3, 0.4) is 0 Å². The average molecular weight is 504 g/mol. The molecule has 1 aliphatic heterocycles. The van der Waals surface area contributed by atoms with Crippen molar-refractivity contribution in [2.45, 2.75) is 33.1 Å². The van der Waals surface area contributed by atoms with E-state index in [9.17, 15) is 13.2 Å². The number of methoxy groups -OCH3 is 1. The van der Waals surface area contributed by atoms with Gasteiger partial charge in [0.05, 0.1) is 19.3 Å². The molecule has 1 rings (SSSR count). The molecule has 0 bridgehead atoms. The van der Waals surface area contributed by atoms with Crippen molar-refractivity contribution in [2.75, 3.05) is 52.6 Å². The van der Waals surface area contributed by atoms with E-state index in [4.69, 9.17) is 4.74 Å². The molecule has 1 fully saturated rings. The van der Waals surface area contributed by atoms with Gasteiger partial charge in [0.15, 0.2) is 5.96 Å². The van der Waals surface area contributed by atoms with E-state index in [-0.39, 0.29) is 35.9 Å². The van der Waals surface area contributed by atoms with Crippen molar-refractivity contribution in [2.24, 2.45) is 10.9 Å². The number of nitrogens with zero attached hydrogens (tertiary/aromatic N) is 3. The number of guanidine groups is 1. The Hall–Kier alpha value is -0.620. The number of hydrogen-bond acceptors (Lipinski definition) is 5. The number of carbonyl (C=O) groups is 1. The highest BCUT2D eigenvalue weighted by atomic mass is 127. The van der Waals surface area contributed by atoms with Crippen molar-refractivity contribution in [1.82, 2.24) is 14.5 Å². The summed E-state index contributed by atoms with van der Waals surface area (Å²) in [5, 5.41) is 3.27. The van der Waals surface area contributed by atoms with E-state index in [1.54, 1.807) is 0 Å². The molecule has 10 heteroatoms. The summed E-state index contributed by atoms with van der Waals surface area (Å²) in [6, 6.07) is 0. The van der Waals surface area contributed by atoms with Gasteiger partial charge in [-0.3, -0.25) is 9.79 Å². The van der Waals surface area contributed by atoms with Gasteiger partial charge in [-0.25, -0.2) is 12.7 Å². The maximum atomic E-state index is 11.6. The summed E-state index contributed by atoms with van der Waals surface area (Å²) in [6.45, 7) is 7.64. The zero-order valence-corrected chi connectivity index (χ0v) is 19.4. The minimum Gasteiger partial charge on any atom is -0.469 e. The molecule has 0 saturated carbocycles. The first-order chi connectivity index (χ1) is 11.8. The Kier molecular flexibility index (Phi) is 12.4. The summed E-state index contributed by atoms with van der Waals surface area (Å²) in [4.78, 5) is 18.4. The van der Waals surface area contributed by atoms with Crippen molar-refractivity contribution >= 4 is 45.9 Å². The fourth-order valence-corrected chi connectivity index (χ4v) is 3.84. The zero-order chi connectivity index (χ0) is 18.9. The Morgan fingerprint density at radius 3 is 2.38 bits per heavy atom. The van der Waals surface area contributed by atoms with Crippen LogP contribution in [0.2, 0.25) is 0 Å². The van der Waals surface area contributed by atoms with E-state index < -0.39 is 10.0 Å². The van der Waals surface area contributed by atoms with Crippen LogP contribution in [-0.4, -0.2) is 82.2 Å². The zero-order valence-electron chi connectivity index (χ0n) is 16.2. The molecule has 0 aromatic heterocycles. The van der Waals surface area contributed by atoms with E-state index in [0.29, 0.717) is 26.1 Å². The lowest BCUT2D eigenvalue weighted by Crippen LogP contribution is -2.46. The minimum atomic E-state index is -3.15. The fraction of sp³-hybridized carbons (Fsp3) is 0.875. The Morgan fingerprint density at radius 2 is 1.92 bits per heavy atom. The first-order valence-corrected chi connectivity index (χ1v) is 10.7. The second kappa shape index (κ2) is 12.7. The predicted octanol–water partition coefficient (Wildman–Crippen LogP) is 1.13. The van der Waals surface area contributed by atoms with E-state index in [1.165, 1.54) is 17.7 Å². The van der Waals surface area contributed by atoms with E-state index >= 15 is 0 Å². The Bertz CT molecular complexity index is 548. The Labute approximate surface area is 174 Å². The monoisotopic (exact) mass is 504 g/mol. The summed E-state index contributed by atoms with van der Waals surface area (Å²) < 4.78 is 29.4. The average Bonchev–Trinajstić information content (AvgIpc) is 2.59. The van der Waals surface area contributed by atoms with Crippen LogP contribution in [0, 0.1) is 5.92 Å². The van der Waals surface area contributed by atoms with Crippen LogP contribution < -0.4 is 5.32 Å². The summed E-state index contributed by atoms with van der Waals surface area (Å²) in [6.07, 6.45) is 3.42. The molecule has 154 valence electrons. The number of likely N-dealkylation sites (tertiary alicyclic amines) is 1. The van der Waals surface area contributed by atoms with Gasteiger partial charge in [0.2, 0.25) is 10.0 Å². The van der Waals surface area contributed by atoms with Gasteiger partial charge in [0.25, 0.3) is 0 Å². The fourth-order valence-electron chi connectivity index (χ4n) is 2.91. The van der Waals surface area contributed by atoms with Crippen molar-refractivity contribution in [3.8, 4) is 0 Å². The minimum absolute atomic E-state index is 0. The molecule has 0 aromatic carbocycles. The smallest absolute Gasteiger partial charge is 0.308 e. The predicted molar refractivity (Wildman–Crippen MR) is 114 cm³/mol. The number of aliphatic imine (C=N–C) groups is 1. The molecule has 0 radical (unpaired) electrons. The SMILES string of the molecule is CCNC(=NCCCN(CC)S(C)(=O)=O)N1CCC(C(=O)OC)CC1.I. The van der Waals surface area contributed by atoms with E-state index in [0.717, 1.165) is 38.4 Å². The van der Waals surface area contributed by atoms with E-state index in [2.05, 4.69) is 15.2 Å². The molecular weight excluding hydrogens is 471 g/mol. The number of nitrogens with one attached hydrogen (secondary N) is 1. The second-order valence-corrected chi connectivity index (χ2v) is 8.11. The second-order valence-electron chi connectivity index (χ2n) is 6.13. The third-order valence-corrected chi connectivity index (χ3v) is 5.69. The summed E-state index contributed by atoms with van der Waals surface area (Å²) >= 11 is 0. The number of piperidine rings is 1. The quantitative estimate of drug-likeness (QED) is 0.175. The van der Waals surface area contributed by atoms with Gasteiger partial charge in [-0.1, -0.05) is 6.92 Å². The molecular formula is C16H33IN4O4S. The van der Waals surface area contributed by atoms with Crippen LogP contribution >= 0.6 is 24.0 Å². The number of esters is 1. The topological polar surface area (TPSA) is 91.3 Å². The molecule has 8 nitrogen and oxygen atoms in total. The van der Waals surface area contributed by atoms with Gasteiger partial charge in [0, 0.05) is 39.3 Å². The highest BCUT2D eigenvalue weighted by Crippen LogP contribution is 2.18. The lowest BCUT2D eigenvalue weighted by atomic mass is 9.97. The lowest BCUT2D eigenvalue weighted by molar-refractivity contribution is -0.146. The molecule has 0 atom stereocenters. The number of carbonyl (C=O) groups excluding carboxylic acids is 1. The van der Waals surface area contributed by atoms with Gasteiger partial charge in [-0.15, -0.1) is 24.0 Å². The van der Waals surface area contributed by atoms with Crippen molar-refractivity contribution in [3.63, 3.8) is 0 Å². The normalized spacial score (nSPS) is 16.3. The first-order valence-electron chi connectivity index (χ1n) is 8.89. The van der Waals surface area contributed by atoms with Gasteiger partial charge in [-0.2, -0.15) is 0 Å². The summed E-state index contributed by atoms with van der Waals surface area (Å²) in [5.41, 5.74) is 0. The Morgan fingerprint density at radius 1 is 1.31 bits per heavy atom. The largest absolute Gasteiger partial charge is 0.469 e. The first kappa shape index (κ1) is 25.4. The van der Waals surface area contributed by atoms with Crippen LogP contribution in [0.15, 0.2) is 4.99 Å². The molecule has 1 N–H and O–H groups in total. The molecule has 0 unspecified atom stereocenters. The molecule has 0 aromatic rings.